The lowest BCUT2D eigenvalue weighted by Crippen LogP contribution is -2.51. The van der Waals surface area contributed by atoms with E-state index in [1.807, 2.05) is 0 Å². The Bertz CT molecular complexity index is 733. The summed E-state index contributed by atoms with van der Waals surface area (Å²) < 4.78 is 30.9. The predicted octanol–water partition coefficient (Wildman–Crippen LogP) is 2.02. The number of piperazine rings is 1. The number of hydrogen-bond acceptors (Lipinski definition) is 5. The molecule has 0 spiro atoms. The van der Waals surface area contributed by atoms with Gasteiger partial charge in [-0.15, -0.1) is 0 Å². The molecule has 0 atom stereocenters. The van der Waals surface area contributed by atoms with Gasteiger partial charge in [-0.2, -0.15) is 4.31 Å². The molecule has 2 saturated heterocycles. The summed E-state index contributed by atoms with van der Waals surface area (Å²) in [6, 6.07) is 8.63. The molecule has 1 aliphatic carbocycles. The first kappa shape index (κ1) is 20.1. The molecular weight excluding hydrogens is 374 g/mol. The van der Waals surface area contributed by atoms with Crippen molar-refractivity contribution in [1.82, 2.24) is 14.1 Å². The summed E-state index contributed by atoms with van der Waals surface area (Å²) >= 11 is 0. The molecule has 0 bridgehead atoms. The number of hydrogen-bond donors (Lipinski definition) is 0. The van der Waals surface area contributed by atoms with Crippen LogP contribution in [0.25, 0.3) is 0 Å². The lowest BCUT2D eigenvalue weighted by Gasteiger charge is -2.41. The molecule has 2 aliphatic heterocycles. The molecule has 156 valence electrons. The van der Waals surface area contributed by atoms with Gasteiger partial charge in [0, 0.05) is 39.3 Å². The van der Waals surface area contributed by atoms with Crippen molar-refractivity contribution in [3.8, 4) is 5.75 Å². The molecule has 4 rings (SSSR count). The lowest BCUT2D eigenvalue weighted by atomic mass is 9.81. The van der Waals surface area contributed by atoms with Crippen LogP contribution in [0.5, 0.6) is 5.75 Å². The average Bonchev–Trinajstić information content (AvgIpc) is 3.14. The van der Waals surface area contributed by atoms with E-state index in [4.69, 9.17) is 4.74 Å². The first-order valence-electron chi connectivity index (χ1n) is 10.6. The number of benzene rings is 1. The summed E-state index contributed by atoms with van der Waals surface area (Å²) in [5.41, 5.74) is 1.37. The Balaban J connectivity index is 1.15. The van der Waals surface area contributed by atoms with Crippen molar-refractivity contribution in [2.24, 2.45) is 5.92 Å². The van der Waals surface area contributed by atoms with Gasteiger partial charge in [-0.05, 0) is 62.4 Å². The zero-order valence-corrected chi connectivity index (χ0v) is 17.7. The van der Waals surface area contributed by atoms with Gasteiger partial charge in [-0.1, -0.05) is 12.1 Å². The van der Waals surface area contributed by atoms with Gasteiger partial charge < -0.3 is 9.64 Å². The zero-order valence-electron chi connectivity index (χ0n) is 16.9. The first-order chi connectivity index (χ1) is 13.5. The molecule has 7 heteroatoms. The number of sulfonamides is 1. The predicted molar refractivity (Wildman–Crippen MR) is 111 cm³/mol. The summed E-state index contributed by atoms with van der Waals surface area (Å²) in [6.07, 6.45) is 6.49. The van der Waals surface area contributed by atoms with E-state index in [0.717, 1.165) is 44.8 Å². The first-order valence-corrected chi connectivity index (χ1v) is 12.5. The monoisotopic (exact) mass is 407 g/mol. The third kappa shape index (κ3) is 5.26. The summed E-state index contributed by atoms with van der Waals surface area (Å²) in [5.74, 6) is 1.65. The van der Waals surface area contributed by atoms with E-state index in [1.165, 1.54) is 37.8 Å². The Hall–Kier alpha value is -1.15. The quantitative estimate of drug-likeness (QED) is 0.692. The van der Waals surface area contributed by atoms with Crippen LogP contribution >= 0.6 is 0 Å². The highest BCUT2D eigenvalue weighted by Gasteiger charge is 2.33. The van der Waals surface area contributed by atoms with E-state index in [9.17, 15) is 8.42 Å². The zero-order chi connectivity index (χ0) is 19.6. The summed E-state index contributed by atoms with van der Waals surface area (Å²) in [6.45, 7) is 7.49. The van der Waals surface area contributed by atoms with Gasteiger partial charge in [-0.25, -0.2) is 8.42 Å². The fraction of sp³-hybridized carbons (Fsp3) is 0.714. The number of likely N-dealkylation sites (tertiary alicyclic amines) is 1. The summed E-state index contributed by atoms with van der Waals surface area (Å²) in [5, 5.41) is 0. The molecule has 28 heavy (non-hydrogen) atoms. The van der Waals surface area contributed by atoms with Crippen LogP contribution in [0.1, 0.15) is 31.2 Å². The Morgan fingerprint density at radius 2 is 1.57 bits per heavy atom. The molecule has 2 heterocycles. The van der Waals surface area contributed by atoms with Gasteiger partial charge in [0.1, 0.15) is 5.75 Å². The second-order valence-electron chi connectivity index (χ2n) is 8.67. The highest BCUT2D eigenvalue weighted by atomic mass is 32.2. The molecular formula is C21H33N3O3S. The SMILES string of the molecule is CS(=O)(=O)N1CCN(C[C@H]2C[C@H](Oc3ccc(CN4CCCC4)cc3)C2)CC1. The number of rotatable bonds is 7. The van der Waals surface area contributed by atoms with E-state index in [1.54, 1.807) is 4.31 Å². The maximum atomic E-state index is 11.6. The molecule has 1 aromatic carbocycles. The van der Waals surface area contributed by atoms with Crippen molar-refractivity contribution >= 4 is 10.0 Å². The molecule has 3 aliphatic rings. The van der Waals surface area contributed by atoms with Gasteiger partial charge in [0.25, 0.3) is 0 Å². The van der Waals surface area contributed by atoms with E-state index >= 15 is 0 Å². The minimum absolute atomic E-state index is 0.326. The smallest absolute Gasteiger partial charge is 0.211 e. The second kappa shape index (κ2) is 8.69. The van der Waals surface area contributed by atoms with E-state index in [0.29, 0.717) is 25.1 Å². The minimum Gasteiger partial charge on any atom is -0.490 e. The van der Waals surface area contributed by atoms with Gasteiger partial charge in [0.2, 0.25) is 10.0 Å². The van der Waals surface area contributed by atoms with E-state index < -0.39 is 10.0 Å². The molecule has 3 fully saturated rings. The van der Waals surface area contributed by atoms with Crippen molar-refractivity contribution in [2.45, 2.75) is 38.3 Å². The third-order valence-corrected chi connectivity index (χ3v) is 7.64. The molecule has 0 aromatic heterocycles. The topological polar surface area (TPSA) is 53.1 Å². The largest absolute Gasteiger partial charge is 0.490 e. The normalized spacial score (nSPS) is 27.6. The summed E-state index contributed by atoms with van der Waals surface area (Å²) in [7, 11) is -3.04. The highest BCUT2D eigenvalue weighted by Crippen LogP contribution is 2.32. The van der Waals surface area contributed by atoms with Crippen LogP contribution in [0.15, 0.2) is 24.3 Å². The molecule has 1 saturated carbocycles. The lowest BCUT2D eigenvalue weighted by molar-refractivity contribution is 0.0366. The third-order valence-electron chi connectivity index (χ3n) is 6.34. The number of ether oxygens (including phenoxy) is 1. The molecule has 6 nitrogen and oxygen atoms in total. The van der Waals surface area contributed by atoms with Crippen molar-refractivity contribution in [1.29, 1.82) is 0 Å². The Labute approximate surface area is 169 Å². The van der Waals surface area contributed by atoms with Crippen molar-refractivity contribution in [2.75, 3.05) is 52.1 Å². The maximum Gasteiger partial charge on any atom is 0.211 e. The van der Waals surface area contributed by atoms with Crippen LogP contribution in [0.4, 0.5) is 0 Å². The highest BCUT2D eigenvalue weighted by molar-refractivity contribution is 7.88. The number of nitrogens with zero attached hydrogens (tertiary/aromatic N) is 3. The van der Waals surface area contributed by atoms with Gasteiger partial charge >= 0.3 is 0 Å². The Kier molecular flexibility index (Phi) is 6.25. The van der Waals surface area contributed by atoms with Crippen molar-refractivity contribution < 1.29 is 13.2 Å². The van der Waals surface area contributed by atoms with Gasteiger partial charge in [-0.3, -0.25) is 4.90 Å². The Morgan fingerprint density at radius 3 is 2.18 bits per heavy atom. The van der Waals surface area contributed by atoms with Crippen LogP contribution in [0.3, 0.4) is 0 Å². The maximum absolute atomic E-state index is 11.6. The fourth-order valence-corrected chi connectivity index (χ4v) is 5.42. The molecule has 1 aromatic rings. The van der Waals surface area contributed by atoms with Crippen LogP contribution in [0.2, 0.25) is 0 Å². The molecule has 0 N–H and O–H groups in total. The molecule has 0 amide bonds. The fourth-order valence-electron chi connectivity index (χ4n) is 4.59. The van der Waals surface area contributed by atoms with Gasteiger partial charge in [0.05, 0.1) is 12.4 Å². The van der Waals surface area contributed by atoms with Crippen molar-refractivity contribution in [3.63, 3.8) is 0 Å². The van der Waals surface area contributed by atoms with Crippen molar-refractivity contribution in [3.05, 3.63) is 29.8 Å². The van der Waals surface area contributed by atoms with Crippen LogP contribution in [-0.4, -0.2) is 80.7 Å². The standard InChI is InChI=1S/C21H33N3O3S/c1-28(25,26)24-12-10-23(11-13-24)17-19-14-21(15-19)27-20-6-4-18(5-7-20)16-22-8-2-3-9-22/h4-7,19,21H,2-3,8-17H2,1H3/t19-,21-. The average molecular weight is 408 g/mol. The minimum atomic E-state index is -3.04. The van der Waals surface area contributed by atoms with E-state index in [2.05, 4.69) is 34.1 Å². The van der Waals surface area contributed by atoms with E-state index in [-0.39, 0.29) is 0 Å². The Morgan fingerprint density at radius 1 is 0.929 bits per heavy atom. The van der Waals surface area contributed by atoms with Crippen LogP contribution in [0, 0.1) is 5.92 Å². The molecule has 0 radical (unpaired) electrons. The second-order valence-corrected chi connectivity index (χ2v) is 10.6. The van der Waals surface area contributed by atoms with Gasteiger partial charge in [0.15, 0.2) is 0 Å². The summed E-state index contributed by atoms with van der Waals surface area (Å²) in [4.78, 5) is 4.91. The van der Waals surface area contributed by atoms with Crippen LogP contribution < -0.4 is 4.74 Å². The van der Waals surface area contributed by atoms with Crippen LogP contribution in [-0.2, 0) is 16.6 Å². The molecule has 0 unspecified atom stereocenters.